The van der Waals surface area contributed by atoms with Crippen LogP contribution in [-0.4, -0.2) is 23.1 Å². The van der Waals surface area contributed by atoms with Crippen molar-refractivity contribution >= 4 is 11.4 Å². The van der Waals surface area contributed by atoms with Crippen molar-refractivity contribution in [1.29, 1.82) is 0 Å². The van der Waals surface area contributed by atoms with Gasteiger partial charge < -0.3 is 5.11 Å². The molecule has 0 saturated carbocycles. The van der Waals surface area contributed by atoms with Crippen molar-refractivity contribution < 1.29 is 5.11 Å². The summed E-state index contributed by atoms with van der Waals surface area (Å²) in [6, 6.07) is 0. The lowest BCUT2D eigenvalue weighted by Gasteiger charge is -1.92. The Morgan fingerprint density at radius 1 is 1.40 bits per heavy atom. The van der Waals surface area contributed by atoms with Crippen LogP contribution in [0, 0.1) is 0 Å². The topological polar surface area (TPSA) is 45.0 Å². The normalized spacial score (nSPS) is 20.3. The minimum Gasteiger partial charge on any atom is -0.390 e. The standard InChI is InChI=1S/C7H6N2O/c10-4-7-5-2-1-3-6(5)8-9-7/h1-3,10H,4H2. The van der Waals surface area contributed by atoms with Gasteiger partial charge in [0.05, 0.1) is 18.0 Å². The van der Waals surface area contributed by atoms with Gasteiger partial charge in [-0.1, -0.05) is 12.2 Å². The van der Waals surface area contributed by atoms with E-state index < -0.39 is 0 Å². The van der Waals surface area contributed by atoms with Crippen LogP contribution in [0.3, 0.4) is 0 Å². The lowest BCUT2D eigenvalue weighted by atomic mass is 10.1. The zero-order valence-electron chi connectivity index (χ0n) is 5.28. The fourth-order valence-electron chi connectivity index (χ4n) is 1.03. The Balaban J connectivity index is 2.38. The number of aliphatic hydroxyl groups excluding tert-OH is 1. The van der Waals surface area contributed by atoms with Crippen molar-refractivity contribution in [2.24, 2.45) is 10.2 Å². The van der Waals surface area contributed by atoms with Crippen molar-refractivity contribution in [3.05, 3.63) is 23.8 Å². The molecule has 3 heteroatoms. The van der Waals surface area contributed by atoms with Crippen molar-refractivity contribution in [2.75, 3.05) is 6.61 Å². The second-order valence-corrected chi connectivity index (χ2v) is 2.13. The van der Waals surface area contributed by atoms with Crippen molar-refractivity contribution in [3.8, 4) is 0 Å². The van der Waals surface area contributed by atoms with Gasteiger partial charge in [-0.2, -0.15) is 10.2 Å². The summed E-state index contributed by atoms with van der Waals surface area (Å²) in [6.45, 7) is -0.0273. The molecule has 2 aliphatic rings. The summed E-state index contributed by atoms with van der Waals surface area (Å²) in [5.74, 6) is 0. The fraction of sp³-hybridized carbons (Fsp3) is 0.143. The van der Waals surface area contributed by atoms with E-state index in [0.717, 1.165) is 11.3 Å². The van der Waals surface area contributed by atoms with Gasteiger partial charge in [-0.15, -0.1) is 0 Å². The maximum absolute atomic E-state index is 8.74. The first-order valence-electron chi connectivity index (χ1n) is 3.06. The summed E-state index contributed by atoms with van der Waals surface area (Å²) in [5.41, 5.74) is 2.49. The molecule has 0 bridgehead atoms. The van der Waals surface area contributed by atoms with Gasteiger partial charge in [0.1, 0.15) is 0 Å². The van der Waals surface area contributed by atoms with Gasteiger partial charge in [-0.05, 0) is 6.08 Å². The third-order valence-corrected chi connectivity index (χ3v) is 1.53. The Hall–Kier alpha value is -1.22. The third kappa shape index (κ3) is 0.579. The fourth-order valence-corrected chi connectivity index (χ4v) is 1.03. The molecule has 0 aromatic heterocycles. The van der Waals surface area contributed by atoms with Gasteiger partial charge in [0.25, 0.3) is 0 Å². The Labute approximate surface area is 58.1 Å². The molecular weight excluding hydrogens is 128 g/mol. The van der Waals surface area contributed by atoms with Crippen LogP contribution in [-0.2, 0) is 0 Å². The number of allylic oxidation sites excluding steroid dienone is 3. The Morgan fingerprint density at radius 2 is 2.30 bits per heavy atom. The van der Waals surface area contributed by atoms with E-state index in [1.165, 1.54) is 0 Å². The average molecular weight is 134 g/mol. The van der Waals surface area contributed by atoms with Crippen LogP contribution in [0.25, 0.3) is 0 Å². The van der Waals surface area contributed by atoms with Crippen LogP contribution in [0.4, 0.5) is 0 Å². The van der Waals surface area contributed by atoms with Gasteiger partial charge in [-0.3, -0.25) is 0 Å². The molecule has 1 aliphatic heterocycles. The lowest BCUT2D eigenvalue weighted by molar-refractivity contribution is 0.358. The molecule has 0 amide bonds. The van der Waals surface area contributed by atoms with Crippen LogP contribution in [0.2, 0.25) is 0 Å². The quantitative estimate of drug-likeness (QED) is 0.550. The molecule has 50 valence electrons. The largest absolute Gasteiger partial charge is 0.390 e. The highest BCUT2D eigenvalue weighted by Crippen LogP contribution is 2.15. The monoisotopic (exact) mass is 134 g/mol. The number of nitrogens with zero attached hydrogens (tertiary/aromatic N) is 2. The highest BCUT2D eigenvalue weighted by atomic mass is 16.3. The van der Waals surface area contributed by atoms with E-state index in [0.29, 0.717) is 5.71 Å². The molecule has 10 heavy (non-hydrogen) atoms. The molecule has 0 unspecified atom stereocenters. The summed E-state index contributed by atoms with van der Waals surface area (Å²) in [4.78, 5) is 0. The molecule has 0 atom stereocenters. The van der Waals surface area contributed by atoms with Crippen LogP contribution in [0.15, 0.2) is 34.0 Å². The van der Waals surface area contributed by atoms with Crippen LogP contribution >= 0.6 is 0 Å². The SMILES string of the molecule is OCC1=NN=C2C=CC=C21. The second-order valence-electron chi connectivity index (χ2n) is 2.13. The van der Waals surface area contributed by atoms with Gasteiger partial charge in [0.15, 0.2) is 0 Å². The second kappa shape index (κ2) is 1.88. The summed E-state index contributed by atoms with van der Waals surface area (Å²) in [6.07, 6.45) is 5.68. The number of hydrogen-bond acceptors (Lipinski definition) is 3. The van der Waals surface area contributed by atoms with E-state index in [2.05, 4.69) is 10.2 Å². The predicted molar refractivity (Wildman–Crippen MR) is 39.2 cm³/mol. The Bertz CT molecular complexity index is 284. The first kappa shape index (κ1) is 5.56. The number of rotatable bonds is 1. The van der Waals surface area contributed by atoms with E-state index >= 15 is 0 Å². The number of aliphatic hydroxyl groups is 1. The summed E-state index contributed by atoms with van der Waals surface area (Å²) in [5, 5.41) is 16.4. The van der Waals surface area contributed by atoms with E-state index in [1.807, 2.05) is 18.2 Å². The Morgan fingerprint density at radius 3 is 3.10 bits per heavy atom. The van der Waals surface area contributed by atoms with Crippen molar-refractivity contribution in [3.63, 3.8) is 0 Å². The molecule has 0 saturated heterocycles. The van der Waals surface area contributed by atoms with E-state index in [-0.39, 0.29) is 6.61 Å². The third-order valence-electron chi connectivity index (χ3n) is 1.53. The van der Waals surface area contributed by atoms with Gasteiger partial charge >= 0.3 is 0 Å². The van der Waals surface area contributed by atoms with Gasteiger partial charge in [0.2, 0.25) is 0 Å². The van der Waals surface area contributed by atoms with Crippen molar-refractivity contribution in [1.82, 2.24) is 0 Å². The van der Waals surface area contributed by atoms with Crippen LogP contribution in [0.1, 0.15) is 0 Å². The predicted octanol–water partition coefficient (Wildman–Crippen LogP) is 0.285. The zero-order chi connectivity index (χ0) is 6.97. The van der Waals surface area contributed by atoms with Gasteiger partial charge in [-0.25, -0.2) is 0 Å². The average Bonchev–Trinajstić information content (AvgIpc) is 2.44. The summed E-state index contributed by atoms with van der Waals surface area (Å²) in [7, 11) is 0. The highest BCUT2D eigenvalue weighted by molar-refractivity contribution is 6.32. The highest BCUT2D eigenvalue weighted by Gasteiger charge is 2.18. The van der Waals surface area contributed by atoms with Crippen molar-refractivity contribution in [2.45, 2.75) is 0 Å². The first-order chi connectivity index (χ1) is 4.92. The minimum atomic E-state index is -0.0273. The molecule has 0 radical (unpaired) electrons. The maximum Gasteiger partial charge on any atom is 0.0979 e. The molecule has 2 rings (SSSR count). The molecular formula is C7H6N2O. The summed E-state index contributed by atoms with van der Waals surface area (Å²) >= 11 is 0. The van der Waals surface area contributed by atoms with E-state index in [9.17, 15) is 0 Å². The molecule has 0 aromatic carbocycles. The number of hydrogen-bond donors (Lipinski definition) is 1. The van der Waals surface area contributed by atoms with Gasteiger partial charge in [0, 0.05) is 5.57 Å². The molecule has 1 aliphatic carbocycles. The lowest BCUT2D eigenvalue weighted by Crippen LogP contribution is -2.07. The molecule has 3 nitrogen and oxygen atoms in total. The molecule has 1 heterocycles. The first-order valence-corrected chi connectivity index (χ1v) is 3.06. The Kier molecular flexibility index (Phi) is 1.05. The molecule has 0 spiro atoms. The molecule has 0 fully saturated rings. The molecule has 0 aromatic rings. The number of fused-ring (bicyclic) bond motifs is 1. The smallest absolute Gasteiger partial charge is 0.0979 e. The van der Waals surface area contributed by atoms with E-state index in [1.54, 1.807) is 0 Å². The van der Waals surface area contributed by atoms with Crippen LogP contribution < -0.4 is 0 Å². The zero-order valence-corrected chi connectivity index (χ0v) is 5.28. The molecule has 1 N–H and O–H groups in total. The minimum absolute atomic E-state index is 0.0273. The van der Waals surface area contributed by atoms with Crippen LogP contribution in [0.5, 0.6) is 0 Å². The maximum atomic E-state index is 8.74. The summed E-state index contributed by atoms with van der Waals surface area (Å²) < 4.78 is 0. The van der Waals surface area contributed by atoms with E-state index in [4.69, 9.17) is 5.11 Å².